The van der Waals surface area contributed by atoms with Gasteiger partial charge in [0.05, 0.1) is 12.8 Å². The molecule has 0 aliphatic carbocycles. The number of phosphoric ester groups is 1. The zero-order chi connectivity index (χ0) is 13.6. The highest BCUT2D eigenvalue weighted by atomic mass is 31.2. The second-order valence-electron chi connectivity index (χ2n) is 2.75. The first-order valence-corrected chi connectivity index (χ1v) is 5.66. The van der Waals surface area contributed by atoms with Gasteiger partial charge in [-0.2, -0.15) is 0 Å². The van der Waals surface area contributed by atoms with Gasteiger partial charge in [0.1, 0.15) is 0 Å². The van der Waals surface area contributed by atoms with Gasteiger partial charge in [-0.15, -0.1) is 0 Å². The quantitative estimate of drug-likeness (QED) is 0.551. The first-order valence-electron chi connectivity index (χ1n) is 4.16. The van der Waals surface area contributed by atoms with Crippen LogP contribution in [0.1, 0.15) is 12.8 Å². The van der Waals surface area contributed by atoms with Gasteiger partial charge in [-0.25, -0.2) is 30.9 Å². The summed E-state index contributed by atoms with van der Waals surface area (Å²) in [7, 11) is -5.33. The van der Waals surface area contributed by atoms with Crippen LogP contribution in [0, 0.1) is 0 Å². The van der Waals surface area contributed by atoms with Gasteiger partial charge in [0.2, 0.25) is 25.6 Å². The van der Waals surface area contributed by atoms with Crippen LogP contribution < -0.4 is 0 Å². The van der Waals surface area contributed by atoms with Crippen LogP contribution >= 0.6 is 7.82 Å². The van der Waals surface area contributed by atoms with Crippen molar-refractivity contribution in [1.82, 2.24) is 0 Å². The third-order valence-corrected chi connectivity index (χ3v) is 2.21. The van der Waals surface area contributed by atoms with Gasteiger partial charge in [-0.05, 0) is 0 Å². The van der Waals surface area contributed by atoms with E-state index in [4.69, 9.17) is 4.89 Å². The number of hydrogen-bond acceptors (Lipinski definition) is 3. The molecule has 0 heterocycles. The molecule has 0 aromatic rings. The van der Waals surface area contributed by atoms with Gasteiger partial charge in [0.25, 0.3) is 0 Å². The maximum atomic E-state index is 12.5. The van der Waals surface area contributed by atoms with Crippen molar-refractivity contribution in [3.63, 3.8) is 0 Å². The van der Waals surface area contributed by atoms with Crippen LogP contribution in [-0.2, 0) is 13.6 Å². The van der Waals surface area contributed by atoms with E-state index in [9.17, 15) is 30.9 Å². The predicted octanol–water partition coefficient (Wildman–Crippen LogP) is 3.02. The van der Waals surface area contributed by atoms with Crippen molar-refractivity contribution in [3.05, 3.63) is 0 Å². The van der Waals surface area contributed by atoms with E-state index in [0.29, 0.717) is 0 Å². The summed E-state index contributed by atoms with van der Waals surface area (Å²) in [5.74, 6) is 0. The Balaban J connectivity index is 4.14. The van der Waals surface area contributed by atoms with Gasteiger partial charge in [-0.3, -0.25) is 9.05 Å². The molecule has 0 fully saturated rings. The predicted molar refractivity (Wildman–Crippen MR) is 43.0 cm³/mol. The van der Waals surface area contributed by atoms with E-state index in [-0.39, 0.29) is 0 Å². The number of alkyl halides is 6. The molecule has 2 atom stereocenters. The minimum Gasteiger partial charge on any atom is -0.302 e. The van der Waals surface area contributed by atoms with Crippen molar-refractivity contribution in [2.45, 2.75) is 38.4 Å². The van der Waals surface area contributed by atoms with Crippen molar-refractivity contribution in [3.8, 4) is 0 Å². The molecule has 0 aliphatic heterocycles. The lowest BCUT2D eigenvalue weighted by atomic mass is 10.5. The van der Waals surface area contributed by atoms with Crippen LogP contribution in [-0.4, -0.2) is 30.5 Å². The van der Waals surface area contributed by atoms with Crippen LogP contribution in [0.25, 0.3) is 0 Å². The zero-order valence-electron chi connectivity index (χ0n) is 8.11. The molecule has 0 saturated heterocycles. The lowest BCUT2D eigenvalue weighted by Crippen LogP contribution is -2.14. The molecular weight excluding hydrogens is 281 g/mol. The van der Waals surface area contributed by atoms with E-state index in [1.807, 2.05) is 0 Å². The van der Waals surface area contributed by atoms with Gasteiger partial charge < -0.3 is 4.89 Å². The minimum atomic E-state index is -5.33. The third-order valence-electron chi connectivity index (χ3n) is 1.22. The standard InChI is InChI=1S/C6H9F6O4P/c7-3(8)1-5(11)15-17(13,14)16-6(12)2-4(9)10/h3-6H,1-2H2,(H,13,14). The summed E-state index contributed by atoms with van der Waals surface area (Å²) in [6.07, 6.45) is -15.1. The lowest BCUT2D eigenvalue weighted by molar-refractivity contribution is -0.0556. The average Bonchev–Trinajstić information content (AvgIpc) is 1.95. The summed E-state index contributed by atoms with van der Waals surface area (Å²) in [5, 5.41) is 0. The van der Waals surface area contributed by atoms with Crippen molar-refractivity contribution in [2.24, 2.45) is 0 Å². The number of rotatable bonds is 8. The van der Waals surface area contributed by atoms with Gasteiger partial charge in [0.15, 0.2) is 0 Å². The normalized spacial score (nSPS) is 19.4. The largest absolute Gasteiger partial charge is 0.477 e. The molecule has 0 bridgehead atoms. The fourth-order valence-corrected chi connectivity index (χ4v) is 1.48. The summed E-state index contributed by atoms with van der Waals surface area (Å²) in [6.45, 7) is 0. The summed E-state index contributed by atoms with van der Waals surface area (Å²) in [5.41, 5.74) is 0. The zero-order valence-corrected chi connectivity index (χ0v) is 9.01. The number of halogens is 6. The highest BCUT2D eigenvalue weighted by Gasteiger charge is 2.32. The summed E-state index contributed by atoms with van der Waals surface area (Å²) >= 11 is 0. The van der Waals surface area contributed by atoms with Crippen molar-refractivity contribution >= 4 is 7.82 Å². The SMILES string of the molecule is O=P(O)(OC(F)CC(F)F)OC(F)CC(F)F. The minimum absolute atomic E-state index is 1.53. The van der Waals surface area contributed by atoms with Crippen molar-refractivity contribution < 1.29 is 44.8 Å². The molecule has 0 aromatic carbocycles. The maximum absolute atomic E-state index is 12.5. The molecule has 0 spiro atoms. The van der Waals surface area contributed by atoms with E-state index < -0.39 is 46.2 Å². The molecule has 4 nitrogen and oxygen atoms in total. The Kier molecular flexibility index (Phi) is 7.07. The molecule has 11 heteroatoms. The van der Waals surface area contributed by atoms with E-state index >= 15 is 0 Å². The first-order chi connectivity index (χ1) is 7.62. The average molecular weight is 290 g/mol. The van der Waals surface area contributed by atoms with E-state index in [1.54, 1.807) is 0 Å². The smallest absolute Gasteiger partial charge is 0.302 e. The second kappa shape index (κ2) is 7.20. The van der Waals surface area contributed by atoms with Crippen LogP contribution in [0.15, 0.2) is 0 Å². The van der Waals surface area contributed by atoms with E-state index in [2.05, 4.69) is 9.05 Å². The second-order valence-corrected chi connectivity index (χ2v) is 4.11. The highest BCUT2D eigenvalue weighted by molar-refractivity contribution is 7.47. The topological polar surface area (TPSA) is 55.8 Å². The Hall–Kier alpha value is -0.310. The molecule has 0 saturated carbocycles. The van der Waals surface area contributed by atoms with Gasteiger partial charge in [0, 0.05) is 0 Å². The van der Waals surface area contributed by atoms with Crippen LogP contribution in [0.3, 0.4) is 0 Å². The lowest BCUT2D eigenvalue weighted by Gasteiger charge is -2.16. The Morgan fingerprint density at radius 3 is 1.41 bits per heavy atom. The summed E-state index contributed by atoms with van der Waals surface area (Å²) in [6, 6.07) is 0. The summed E-state index contributed by atoms with van der Waals surface area (Å²) < 4.78 is 89.0. The van der Waals surface area contributed by atoms with Crippen LogP contribution in [0.4, 0.5) is 26.3 Å². The van der Waals surface area contributed by atoms with E-state index in [0.717, 1.165) is 0 Å². The van der Waals surface area contributed by atoms with E-state index in [1.165, 1.54) is 0 Å². The van der Waals surface area contributed by atoms with Crippen molar-refractivity contribution in [2.75, 3.05) is 0 Å². The Morgan fingerprint density at radius 2 is 1.18 bits per heavy atom. The molecule has 0 radical (unpaired) electrons. The molecule has 2 unspecified atom stereocenters. The van der Waals surface area contributed by atoms with Gasteiger partial charge in [-0.1, -0.05) is 0 Å². The molecule has 0 amide bonds. The molecule has 104 valence electrons. The molecule has 17 heavy (non-hydrogen) atoms. The molecule has 1 N–H and O–H groups in total. The number of phosphoric acid groups is 1. The molecule has 0 aliphatic rings. The van der Waals surface area contributed by atoms with Crippen LogP contribution in [0.2, 0.25) is 0 Å². The number of hydrogen-bond donors (Lipinski definition) is 1. The Bertz CT molecular complexity index is 243. The first kappa shape index (κ1) is 16.7. The summed E-state index contributed by atoms with van der Waals surface area (Å²) in [4.78, 5) is 8.62. The monoisotopic (exact) mass is 290 g/mol. The Labute approximate surface area is 92.1 Å². The molecular formula is C6H9F6O4P. The highest BCUT2D eigenvalue weighted by Crippen LogP contribution is 2.47. The fourth-order valence-electron chi connectivity index (χ4n) is 0.680. The fraction of sp³-hybridized carbons (Fsp3) is 1.00. The van der Waals surface area contributed by atoms with Crippen molar-refractivity contribution in [1.29, 1.82) is 0 Å². The molecule has 0 rings (SSSR count). The Morgan fingerprint density at radius 1 is 0.882 bits per heavy atom. The molecule has 0 aromatic heterocycles. The van der Waals surface area contributed by atoms with Gasteiger partial charge >= 0.3 is 7.82 Å². The maximum Gasteiger partial charge on any atom is 0.477 e. The van der Waals surface area contributed by atoms with Crippen LogP contribution in [0.5, 0.6) is 0 Å². The third kappa shape index (κ3) is 9.40.